The lowest BCUT2D eigenvalue weighted by Crippen LogP contribution is -2.62. The Morgan fingerprint density at radius 2 is 1.36 bits per heavy atom. The van der Waals surface area contributed by atoms with E-state index >= 15 is 0 Å². The Labute approximate surface area is 119 Å². The van der Waals surface area contributed by atoms with Crippen LogP contribution in [0.1, 0.15) is 6.92 Å². The van der Waals surface area contributed by atoms with E-state index in [1.54, 1.807) is 0 Å². The van der Waals surface area contributed by atoms with Crippen LogP contribution in [0.2, 0.25) is 0 Å². The summed E-state index contributed by atoms with van der Waals surface area (Å²) in [6.07, 6.45) is 0. The van der Waals surface area contributed by atoms with E-state index < -0.39 is 31.5 Å². The summed E-state index contributed by atoms with van der Waals surface area (Å²) in [5.74, 6) is 10.1. The molecular weight excluding hydrogens is 316 g/mol. The number of nitrogens with zero attached hydrogens (tertiary/aromatic N) is 6. The summed E-state index contributed by atoms with van der Waals surface area (Å²) in [7, 11) is 0. The molecule has 0 aromatic rings. The van der Waals surface area contributed by atoms with Crippen molar-refractivity contribution in [3.05, 3.63) is 40.5 Å². The van der Waals surface area contributed by atoms with Gasteiger partial charge in [-0.05, 0) is 0 Å². The second-order valence-corrected chi connectivity index (χ2v) is 3.31. The van der Waals surface area contributed by atoms with Gasteiger partial charge in [0.05, 0.1) is 0 Å². The number of nitrogens with two attached hydrogens (primary N) is 4. The molecule has 0 rings (SSSR count). The minimum absolute atomic E-state index is 0.111. The smallest absolute Gasteiger partial charge is 0.366 e. The SMILES string of the molecule is CC([N+](=O)[O-])C([N+](=O)[O-])([N+](=O)[O-])[N+](=O)[O-].NN=C(N)N(N)N. The van der Waals surface area contributed by atoms with Gasteiger partial charge in [-0.15, -0.1) is 5.10 Å². The van der Waals surface area contributed by atoms with Gasteiger partial charge in [-0.1, -0.05) is 0 Å². The first-order chi connectivity index (χ1) is 9.86. The molecule has 0 saturated heterocycles. The Balaban J connectivity index is 0. The third-order valence-electron chi connectivity index (χ3n) is 2.08. The summed E-state index contributed by atoms with van der Waals surface area (Å²) in [5, 5.41) is 44.5. The van der Waals surface area contributed by atoms with Crippen LogP contribution in [0.25, 0.3) is 0 Å². The summed E-state index contributed by atoms with van der Waals surface area (Å²) >= 11 is 0. The Hall–Kier alpha value is -3.41. The van der Waals surface area contributed by atoms with Crippen molar-refractivity contribution in [3.8, 4) is 0 Å². The molecule has 0 fully saturated rings. The lowest BCUT2D eigenvalue weighted by molar-refractivity contribution is -0.992. The number of rotatable bonds is 5. The van der Waals surface area contributed by atoms with E-state index in [9.17, 15) is 40.5 Å². The van der Waals surface area contributed by atoms with E-state index in [0.717, 1.165) is 0 Å². The minimum atomic E-state index is -4.05. The zero-order valence-electron chi connectivity index (χ0n) is 10.8. The fourth-order valence-electron chi connectivity index (χ4n) is 0.866. The molecule has 0 aliphatic carbocycles. The van der Waals surface area contributed by atoms with Crippen LogP contribution in [0, 0.1) is 40.5 Å². The largest absolute Gasteiger partial charge is 0.766 e. The van der Waals surface area contributed by atoms with Crippen molar-refractivity contribution in [2.45, 2.75) is 18.8 Å². The first-order valence-corrected chi connectivity index (χ1v) is 4.77. The Kier molecular flexibility index (Phi) is 7.61. The maximum Gasteiger partial charge on any atom is 0.766 e. The fourth-order valence-corrected chi connectivity index (χ4v) is 0.866. The number of hydrogen-bond acceptors (Lipinski definition) is 12. The van der Waals surface area contributed by atoms with Crippen molar-refractivity contribution < 1.29 is 19.7 Å². The van der Waals surface area contributed by atoms with E-state index in [1.165, 1.54) is 0 Å². The van der Waals surface area contributed by atoms with E-state index in [0.29, 0.717) is 12.0 Å². The Bertz CT molecular complexity index is 451. The molecule has 0 saturated carbocycles. The summed E-state index contributed by atoms with van der Waals surface area (Å²) < 4.78 is 0. The first kappa shape index (κ1) is 20.9. The van der Waals surface area contributed by atoms with Crippen LogP contribution in [0.15, 0.2) is 5.10 Å². The number of hydrogen-bond donors (Lipinski definition) is 4. The fraction of sp³-hybridized carbons (Fsp3) is 0.750. The third kappa shape index (κ3) is 4.31. The molecule has 0 amide bonds. The van der Waals surface area contributed by atoms with Crippen molar-refractivity contribution in [2.24, 2.45) is 28.4 Å². The Morgan fingerprint density at radius 1 is 1.05 bits per heavy atom. The molecule has 0 aromatic heterocycles. The molecule has 8 N–H and O–H groups in total. The van der Waals surface area contributed by atoms with Crippen LogP contribution in [0.3, 0.4) is 0 Å². The van der Waals surface area contributed by atoms with Gasteiger partial charge in [-0.3, -0.25) is 40.5 Å². The molecule has 0 heterocycles. The highest BCUT2D eigenvalue weighted by atomic mass is 16.7. The van der Waals surface area contributed by atoms with E-state index in [1.807, 2.05) is 0 Å². The van der Waals surface area contributed by atoms with E-state index in [2.05, 4.69) is 10.9 Å². The highest BCUT2D eigenvalue weighted by Gasteiger charge is 2.81. The predicted molar refractivity (Wildman–Crippen MR) is 66.2 cm³/mol. The Morgan fingerprint density at radius 3 is 1.41 bits per heavy atom. The normalized spacial score (nSPS) is 12.4. The van der Waals surface area contributed by atoms with Gasteiger partial charge in [-0.25, -0.2) is 16.8 Å². The average molecular weight is 328 g/mol. The maximum absolute atomic E-state index is 10.3. The standard InChI is InChI=1S/C3H4N4O8.CH8N6/c1-2(4(8)9)3(5(10)11,6(12)13)7(14)15;2-1(6-3)7(4)5/h2H,1H3;3-5H2,(H2,2,6). The zero-order valence-corrected chi connectivity index (χ0v) is 10.8. The molecule has 0 bridgehead atoms. The summed E-state index contributed by atoms with van der Waals surface area (Å²) in [6, 6.07) is -2.59. The van der Waals surface area contributed by atoms with Gasteiger partial charge < -0.3 is 11.6 Å². The summed E-state index contributed by atoms with van der Waals surface area (Å²) in [4.78, 5) is 33.8. The first-order valence-electron chi connectivity index (χ1n) is 4.77. The predicted octanol–water partition coefficient (Wildman–Crippen LogP) is -3.64. The maximum atomic E-state index is 10.3. The third-order valence-corrected chi connectivity index (χ3v) is 2.08. The molecule has 0 radical (unpaired) electrons. The van der Waals surface area contributed by atoms with Crippen LogP contribution < -0.4 is 23.3 Å². The number of hydrazone groups is 1. The van der Waals surface area contributed by atoms with Gasteiger partial charge in [0, 0.05) is 11.8 Å². The van der Waals surface area contributed by atoms with Crippen molar-refractivity contribution in [2.75, 3.05) is 0 Å². The highest BCUT2D eigenvalue weighted by molar-refractivity contribution is 5.76. The molecule has 126 valence electrons. The monoisotopic (exact) mass is 328 g/mol. The molecular formula is C4H12N10O8. The second kappa shape index (κ2) is 8.01. The minimum Gasteiger partial charge on any atom is -0.366 e. The van der Waals surface area contributed by atoms with Crippen molar-refractivity contribution in [3.63, 3.8) is 0 Å². The molecule has 22 heavy (non-hydrogen) atoms. The molecule has 1 atom stereocenters. The molecule has 0 spiro atoms. The van der Waals surface area contributed by atoms with Gasteiger partial charge in [-0.2, -0.15) is 0 Å². The van der Waals surface area contributed by atoms with Crippen LogP contribution in [0.4, 0.5) is 0 Å². The topological polar surface area (TPSA) is 292 Å². The highest BCUT2D eigenvalue weighted by Crippen LogP contribution is 2.19. The molecule has 18 nitrogen and oxygen atoms in total. The summed E-state index contributed by atoms with van der Waals surface area (Å²) in [6.45, 7) is 0.425. The van der Waals surface area contributed by atoms with Crippen molar-refractivity contribution in [1.82, 2.24) is 5.12 Å². The molecule has 1 unspecified atom stereocenters. The number of hydrazine groups is 2. The van der Waals surface area contributed by atoms with Crippen molar-refractivity contribution in [1.29, 1.82) is 0 Å². The van der Waals surface area contributed by atoms with Crippen LogP contribution in [0.5, 0.6) is 0 Å². The van der Waals surface area contributed by atoms with Gasteiger partial charge in [0.1, 0.15) is 0 Å². The van der Waals surface area contributed by atoms with E-state index in [4.69, 9.17) is 17.4 Å². The lowest BCUT2D eigenvalue weighted by atomic mass is 10.2. The average Bonchev–Trinajstić information content (AvgIpc) is 2.37. The quantitative estimate of drug-likeness (QED) is 0.0945. The van der Waals surface area contributed by atoms with Gasteiger partial charge in [0.15, 0.2) is 14.8 Å². The van der Waals surface area contributed by atoms with Crippen LogP contribution in [-0.2, 0) is 0 Å². The zero-order chi connectivity index (χ0) is 18.2. The number of nitro groups is 4. The molecule has 0 aliphatic rings. The molecule has 0 aromatic carbocycles. The van der Waals surface area contributed by atoms with Gasteiger partial charge >= 0.3 is 11.8 Å². The molecule has 0 aliphatic heterocycles. The second-order valence-electron chi connectivity index (χ2n) is 3.31. The number of guanidine groups is 1. The van der Waals surface area contributed by atoms with Crippen LogP contribution in [-0.4, -0.2) is 42.6 Å². The van der Waals surface area contributed by atoms with Gasteiger partial charge in [0.2, 0.25) is 5.96 Å². The summed E-state index contributed by atoms with van der Waals surface area (Å²) in [5.41, 5.74) is 4.92. The lowest BCUT2D eigenvalue weighted by Gasteiger charge is -2.09. The van der Waals surface area contributed by atoms with Crippen LogP contribution >= 0.6 is 0 Å². The van der Waals surface area contributed by atoms with Gasteiger partial charge in [0.25, 0.3) is 0 Å². The molecule has 18 heteroatoms. The van der Waals surface area contributed by atoms with Crippen molar-refractivity contribution >= 4 is 5.96 Å². The van der Waals surface area contributed by atoms with E-state index in [-0.39, 0.29) is 5.96 Å².